The molecule has 0 aromatic heterocycles. The number of aryl methyl sites for hydroxylation is 1. The van der Waals surface area contributed by atoms with Crippen LogP contribution in [0.3, 0.4) is 0 Å². The van der Waals surface area contributed by atoms with Crippen molar-refractivity contribution in [1.29, 1.82) is 0 Å². The van der Waals surface area contributed by atoms with Crippen LogP contribution in [0.1, 0.15) is 83.5 Å². The molecule has 2 rings (SSSR count). The third kappa shape index (κ3) is 9.70. The molecule has 2 aromatic rings. The van der Waals surface area contributed by atoms with Crippen LogP contribution in [0.2, 0.25) is 0 Å². The lowest BCUT2D eigenvalue weighted by Crippen LogP contribution is -2.59. The van der Waals surface area contributed by atoms with Gasteiger partial charge in [0.25, 0.3) is 0 Å². The van der Waals surface area contributed by atoms with E-state index in [9.17, 15) is 19.2 Å². The van der Waals surface area contributed by atoms with Crippen molar-refractivity contribution in [3.8, 4) is 0 Å². The van der Waals surface area contributed by atoms with Crippen molar-refractivity contribution >= 4 is 23.8 Å². The van der Waals surface area contributed by atoms with Gasteiger partial charge in [0.2, 0.25) is 17.7 Å². The second kappa shape index (κ2) is 14.0. The van der Waals surface area contributed by atoms with Crippen molar-refractivity contribution in [2.45, 2.75) is 97.5 Å². The van der Waals surface area contributed by atoms with Gasteiger partial charge in [-0.2, -0.15) is 0 Å². The van der Waals surface area contributed by atoms with Gasteiger partial charge < -0.3 is 26.0 Å². The zero-order chi connectivity index (χ0) is 30.1. The summed E-state index contributed by atoms with van der Waals surface area (Å²) in [7, 11) is 0. The molecule has 0 radical (unpaired) electrons. The molecule has 0 bridgehead atoms. The van der Waals surface area contributed by atoms with Gasteiger partial charge in [0, 0.05) is 18.5 Å². The number of amides is 4. The van der Waals surface area contributed by atoms with Crippen LogP contribution in [0.5, 0.6) is 0 Å². The zero-order valence-corrected chi connectivity index (χ0v) is 24.7. The molecule has 40 heavy (non-hydrogen) atoms. The predicted octanol–water partition coefficient (Wildman–Crippen LogP) is 4.53. The molecule has 0 aliphatic carbocycles. The van der Waals surface area contributed by atoms with Crippen LogP contribution in [0.15, 0.2) is 54.6 Å². The highest BCUT2D eigenvalue weighted by molar-refractivity contribution is 5.93. The molecule has 4 N–H and O–H groups in total. The standard InChI is InChI=1S/C31H44N4O5/c1-8-31(6,7)35(28(38)24(18-19-25(32)36)34-29(39)40-30(3,4)5)26(23-16-14-21(2)15-17-23)27(37)33-20-22-12-10-9-11-13-22/h9-17,24,26H,8,18-20H2,1-7H3,(H2,32,36)(H,33,37)(H,34,39). The Bertz CT molecular complexity index is 1160. The van der Waals surface area contributed by atoms with E-state index in [2.05, 4.69) is 10.6 Å². The van der Waals surface area contributed by atoms with Gasteiger partial charge in [0.15, 0.2) is 0 Å². The maximum atomic E-state index is 14.3. The molecule has 2 aromatic carbocycles. The number of benzene rings is 2. The van der Waals surface area contributed by atoms with Crippen LogP contribution in [-0.4, -0.2) is 45.9 Å². The van der Waals surface area contributed by atoms with Crippen LogP contribution in [0, 0.1) is 6.92 Å². The van der Waals surface area contributed by atoms with E-state index in [1.807, 2.05) is 82.3 Å². The van der Waals surface area contributed by atoms with Crippen LogP contribution in [-0.2, 0) is 25.7 Å². The van der Waals surface area contributed by atoms with Gasteiger partial charge in [-0.1, -0.05) is 67.1 Å². The molecule has 2 unspecified atom stereocenters. The molecule has 0 fully saturated rings. The van der Waals surface area contributed by atoms with E-state index in [1.54, 1.807) is 20.8 Å². The van der Waals surface area contributed by atoms with E-state index < -0.39 is 41.1 Å². The Labute approximate surface area is 237 Å². The quantitative estimate of drug-likeness (QED) is 0.356. The van der Waals surface area contributed by atoms with Crippen molar-refractivity contribution in [3.05, 3.63) is 71.3 Å². The van der Waals surface area contributed by atoms with Crippen molar-refractivity contribution in [3.63, 3.8) is 0 Å². The van der Waals surface area contributed by atoms with E-state index in [0.29, 0.717) is 12.0 Å². The predicted molar refractivity (Wildman–Crippen MR) is 155 cm³/mol. The lowest BCUT2D eigenvalue weighted by molar-refractivity contribution is -0.149. The number of nitrogens with one attached hydrogen (secondary N) is 2. The molecule has 0 aliphatic rings. The van der Waals surface area contributed by atoms with Crippen LogP contribution >= 0.6 is 0 Å². The normalized spacial score (nSPS) is 13.1. The van der Waals surface area contributed by atoms with Gasteiger partial charge in [-0.05, 0) is 65.5 Å². The summed E-state index contributed by atoms with van der Waals surface area (Å²) in [6.07, 6.45) is -0.468. The molecular formula is C31H44N4O5. The minimum atomic E-state index is -1.15. The van der Waals surface area contributed by atoms with Crippen LogP contribution < -0.4 is 16.4 Å². The van der Waals surface area contributed by atoms with E-state index in [4.69, 9.17) is 10.5 Å². The summed E-state index contributed by atoms with van der Waals surface area (Å²) in [5.41, 5.74) is 6.33. The van der Waals surface area contributed by atoms with Crippen molar-refractivity contribution < 1.29 is 23.9 Å². The van der Waals surface area contributed by atoms with Gasteiger partial charge in [0.1, 0.15) is 17.7 Å². The average molecular weight is 553 g/mol. The Hall–Kier alpha value is -3.88. The first kappa shape index (κ1) is 32.3. The highest BCUT2D eigenvalue weighted by atomic mass is 16.6. The highest BCUT2D eigenvalue weighted by Crippen LogP contribution is 2.33. The largest absolute Gasteiger partial charge is 0.444 e. The number of nitrogens with zero attached hydrogens (tertiary/aromatic N) is 1. The van der Waals surface area contributed by atoms with E-state index in [-0.39, 0.29) is 25.3 Å². The summed E-state index contributed by atoms with van der Waals surface area (Å²) >= 11 is 0. The van der Waals surface area contributed by atoms with Crippen molar-refractivity contribution in [1.82, 2.24) is 15.5 Å². The Morgan fingerprint density at radius 2 is 1.55 bits per heavy atom. The third-order valence-corrected chi connectivity index (χ3v) is 6.63. The number of hydrogen-bond acceptors (Lipinski definition) is 5. The van der Waals surface area contributed by atoms with Gasteiger partial charge in [-0.25, -0.2) is 4.79 Å². The first-order valence-corrected chi connectivity index (χ1v) is 13.6. The molecule has 9 heteroatoms. The molecule has 4 amide bonds. The molecule has 0 aliphatic heterocycles. The SMILES string of the molecule is CCC(C)(C)N(C(=O)C(CCC(N)=O)NC(=O)OC(C)(C)C)C(C(=O)NCc1ccccc1)c1ccc(C)cc1. The van der Waals surface area contributed by atoms with Gasteiger partial charge in [-0.15, -0.1) is 0 Å². The van der Waals surface area contributed by atoms with Gasteiger partial charge >= 0.3 is 6.09 Å². The number of rotatable bonds is 12. The minimum Gasteiger partial charge on any atom is -0.444 e. The van der Waals surface area contributed by atoms with Crippen molar-refractivity contribution in [2.24, 2.45) is 5.73 Å². The fourth-order valence-electron chi connectivity index (χ4n) is 4.16. The second-order valence-corrected chi connectivity index (χ2v) is 11.6. The van der Waals surface area contributed by atoms with Crippen LogP contribution in [0.25, 0.3) is 0 Å². The van der Waals surface area contributed by atoms with Gasteiger partial charge in [-0.3, -0.25) is 14.4 Å². The smallest absolute Gasteiger partial charge is 0.408 e. The first-order valence-electron chi connectivity index (χ1n) is 13.6. The fourth-order valence-corrected chi connectivity index (χ4v) is 4.16. The summed E-state index contributed by atoms with van der Waals surface area (Å²) in [6, 6.07) is 14.8. The van der Waals surface area contributed by atoms with Gasteiger partial charge in [0.05, 0.1) is 0 Å². The number of nitrogens with two attached hydrogens (primary N) is 1. The Balaban J connectivity index is 2.56. The number of carbonyl (C=O) groups is 4. The maximum absolute atomic E-state index is 14.3. The number of alkyl carbamates (subject to hydrolysis) is 1. The minimum absolute atomic E-state index is 0.0457. The second-order valence-electron chi connectivity index (χ2n) is 11.6. The van der Waals surface area contributed by atoms with Crippen LogP contribution in [0.4, 0.5) is 4.79 Å². The monoisotopic (exact) mass is 552 g/mol. The Morgan fingerprint density at radius 3 is 2.08 bits per heavy atom. The van der Waals surface area contributed by atoms with E-state index >= 15 is 0 Å². The highest BCUT2D eigenvalue weighted by Gasteiger charge is 2.43. The fraction of sp³-hybridized carbons (Fsp3) is 0.484. The lowest BCUT2D eigenvalue weighted by atomic mass is 9.91. The molecule has 0 spiro atoms. The number of ether oxygens (including phenoxy) is 1. The molecule has 9 nitrogen and oxygen atoms in total. The molecule has 2 atom stereocenters. The Kier molecular flexibility index (Phi) is 11.3. The number of carbonyl (C=O) groups excluding carboxylic acids is 4. The topological polar surface area (TPSA) is 131 Å². The lowest BCUT2D eigenvalue weighted by Gasteiger charge is -2.44. The maximum Gasteiger partial charge on any atom is 0.408 e. The van der Waals surface area contributed by atoms with Crippen molar-refractivity contribution in [2.75, 3.05) is 0 Å². The number of hydrogen-bond donors (Lipinski definition) is 3. The molecular weight excluding hydrogens is 508 g/mol. The molecule has 0 saturated carbocycles. The molecule has 0 heterocycles. The average Bonchev–Trinajstić information content (AvgIpc) is 2.87. The zero-order valence-electron chi connectivity index (χ0n) is 24.7. The molecule has 218 valence electrons. The number of primary amides is 1. The summed E-state index contributed by atoms with van der Waals surface area (Å²) in [6.45, 7) is 13.0. The summed E-state index contributed by atoms with van der Waals surface area (Å²) in [5, 5.41) is 5.61. The summed E-state index contributed by atoms with van der Waals surface area (Å²) < 4.78 is 5.39. The Morgan fingerprint density at radius 1 is 0.950 bits per heavy atom. The first-order chi connectivity index (χ1) is 18.6. The summed E-state index contributed by atoms with van der Waals surface area (Å²) in [5.74, 6) is -1.49. The third-order valence-electron chi connectivity index (χ3n) is 6.63. The van der Waals surface area contributed by atoms with E-state index in [0.717, 1.165) is 11.1 Å². The van der Waals surface area contributed by atoms with E-state index in [1.165, 1.54) is 4.90 Å². The molecule has 0 saturated heterocycles. The summed E-state index contributed by atoms with van der Waals surface area (Å²) in [4.78, 5) is 54.2.